The van der Waals surface area contributed by atoms with Crippen LogP contribution >= 0.6 is 0 Å². The van der Waals surface area contributed by atoms with Crippen molar-refractivity contribution < 1.29 is 9.59 Å². The Labute approximate surface area is 137 Å². The molecule has 2 N–H and O–H groups in total. The second-order valence-electron chi connectivity index (χ2n) is 6.15. The smallest absolute Gasteiger partial charge is 0.254 e. The van der Waals surface area contributed by atoms with Crippen molar-refractivity contribution in [3.63, 3.8) is 0 Å². The highest BCUT2D eigenvalue weighted by Gasteiger charge is 2.27. The molecule has 1 atom stereocenters. The number of hydrogen-bond acceptors (Lipinski definition) is 4. The van der Waals surface area contributed by atoms with E-state index in [0.717, 1.165) is 38.9 Å². The highest BCUT2D eigenvalue weighted by atomic mass is 16.2. The molecule has 0 saturated carbocycles. The third kappa shape index (κ3) is 4.79. The number of aromatic nitrogens is 2. The van der Waals surface area contributed by atoms with Crippen LogP contribution in [-0.4, -0.2) is 58.2 Å². The predicted octanol–water partition coefficient (Wildman–Crippen LogP) is 0.529. The normalized spacial score (nSPS) is 17.7. The second-order valence-corrected chi connectivity index (χ2v) is 6.15. The largest absolute Gasteiger partial charge is 0.355 e. The SMILES string of the molecule is CCCNC(=O)[C@H](C)N1CCC(NC(=O)c2cnn(C)c2)CC1. The maximum absolute atomic E-state index is 12.1. The van der Waals surface area contributed by atoms with Crippen molar-refractivity contribution in [2.45, 2.75) is 45.2 Å². The summed E-state index contributed by atoms with van der Waals surface area (Å²) in [6, 6.07) is 0.0429. The molecule has 1 aromatic heterocycles. The van der Waals surface area contributed by atoms with Gasteiger partial charge in [-0.05, 0) is 26.2 Å². The Balaban J connectivity index is 1.77. The van der Waals surface area contributed by atoms with Crippen LogP contribution in [0.15, 0.2) is 12.4 Å². The van der Waals surface area contributed by atoms with Crippen LogP contribution in [0.1, 0.15) is 43.5 Å². The summed E-state index contributed by atoms with van der Waals surface area (Å²) in [5.74, 6) is 0.00924. The van der Waals surface area contributed by atoms with Gasteiger partial charge in [0.2, 0.25) is 5.91 Å². The van der Waals surface area contributed by atoms with Crippen molar-refractivity contribution in [3.05, 3.63) is 18.0 Å². The lowest BCUT2D eigenvalue weighted by Gasteiger charge is -2.35. The van der Waals surface area contributed by atoms with Crippen molar-refractivity contribution in [2.75, 3.05) is 19.6 Å². The predicted molar refractivity (Wildman–Crippen MR) is 88.0 cm³/mol. The van der Waals surface area contributed by atoms with Crippen molar-refractivity contribution >= 4 is 11.8 Å². The third-order valence-corrected chi connectivity index (χ3v) is 4.31. The number of carbonyl (C=O) groups is 2. The van der Waals surface area contributed by atoms with Gasteiger partial charge in [0.05, 0.1) is 17.8 Å². The molecule has 0 spiro atoms. The molecule has 128 valence electrons. The summed E-state index contributed by atoms with van der Waals surface area (Å²) in [6.07, 6.45) is 5.95. The molecular weight excluding hydrogens is 294 g/mol. The number of piperidine rings is 1. The number of aryl methyl sites for hydroxylation is 1. The summed E-state index contributed by atoms with van der Waals surface area (Å²) >= 11 is 0. The molecule has 0 aliphatic carbocycles. The van der Waals surface area contributed by atoms with Crippen LogP contribution < -0.4 is 10.6 Å². The highest BCUT2D eigenvalue weighted by molar-refractivity contribution is 5.93. The summed E-state index contributed by atoms with van der Waals surface area (Å²) in [5, 5.41) is 10.0. The van der Waals surface area contributed by atoms with Crippen LogP contribution in [0.3, 0.4) is 0 Å². The van der Waals surface area contributed by atoms with Crippen LogP contribution in [0.2, 0.25) is 0 Å². The Morgan fingerprint density at radius 3 is 2.65 bits per heavy atom. The van der Waals surface area contributed by atoms with E-state index in [4.69, 9.17) is 0 Å². The lowest BCUT2D eigenvalue weighted by Crippen LogP contribution is -2.51. The Kier molecular flexibility index (Phi) is 6.15. The Hall–Kier alpha value is -1.89. The molecule has 1 aliphatic heterocycles. The quantitative estimate of drug-likeness (QED) is 0.801. The summed E-state index contributed by atoms with van der Waals surface area (Å²) in [6.45, 7) is 6.35. The average Bonchev–Trinajstić information content (AvgIpc) is 2.99. The van der Waals surface area contributed by atoms with Gasteiger partial charge in [-0.2, -0.15) is 5.10 Å². The van der Waals surface area contributed by atoms with Gasteiger partial charge in [-0.15, -0.1) is 0 Å². The lowest BCUT2D eigenvalue weighted by molar-refractivity contribution is -0.126. The zero-order valence-electron chi connectivity index (χ0n) is 14.2. The first-order chi connectivity index (χ1) is 11.0. The van der Waals surface area contributed by atoms with Crippen LogP contribution in [0, 0.1) is 0 Å². The number of amides is 2. The summed E-state index contributed by atoms with van der Waals surface area (Å²) in [4.78, 5) is 26.3. The van der Waals surface area contributed by atoms with Crippen molar-refractivity contribution in [3.8, 4) is 0 Å². The van der Waals surface area contributed by atoms with E-state index in [2.05, 4.69) is 20.6 Å². The van der Waals surface area contributed by atoms with E-state index >= 15 is 0 Å². The van der Waals surface area contributed by atoms with Gasteiger partial charge in [-0.1, -0.05) is 6.92 Å². The van der Waals surface area contributed by atoms with Gasteiger partial charge in [0, 0.05) is 38.9 Å². The summed E-state index contributed by atoms with van der Waals surface area (Å²) in [5.41, 5.74) is 0.585. The molecule has 2 heterocycles. The molecule has 1 saturated heterocycles. The molecular formula is C16H27N5O2. The summed E-state index contributed by atoms with van der Waals surface area (Å²) < 4.78 is 1.62. The third-order valence-electron chi connectivity index (χ3n) is 4.31. The monoisotopic (exact) mass is 321 g/mol. The first kappa shape index (κ1) is 17.5. The summed E-state index contributed by atoms with van der Waals surface area (Å²) in [7, 11) is 1.79. The second kappa shape index (κ2) is 8.10. The fourth-order valence-corrected chi connectivity index (χ4v) is 2.80. The van der Waals surface area contributed by atoms with E-state index in [1.54, 1.807) is 24.1 Å². The van der Waals surface area contributed by atoms with E-state index in [0.29, 0.717) is 5.56 Å². The van der Waals surface area contributed by atoms with Crippen LogP contribution in [0.5, 0.6) is 0 Å². The van der Waals surface area contributed by atoms with Gasteiger partial charge in [0.25, 0.3) is 5.91 Å². The molecule has 2 amide bonds. The molecule has 0 unspecified atom stereocenters. The number of likely N-dealkylation sites (tertiary alicyclic amines) is 1. The number of carbonyl (C=O) groups excluding carboxylic acids is 2. The molecule has 0 aromatic carbocycles. The molecule has 0 bridgehead atoms. The fourth-order valence-electron chi connectivity index (χ4n) is 2.80. The number of nitrogens with one attached hydrogen (secondary N) is 2. The maximum atomic E-state index is 12.1. The highest BCUT2D eigenvalue weighted by Crippen LogP contribution is 2.14. The Morgan fingerprint density at radius 2 is 2.09 bits per heavy atom. The van der Waals surface area contributed by atoms with E-state index in [1.807, 2.05) is 13.8 Å². The van der Waals surface area contributed by atoms with Gasteiger partial charge in [0.15, 0.2) is 0 Å². The molecule has 0 radical (unpaired) electrons. The molecule has 7 nitrogen and oxygen atoms in total. The molecule has 23 heavy (non-hydrogen) atoms. The molecule has 1 aromatic rings. The van der Waals surface area contributed by atoms with Crippen molar-refractivity contribution in [2.24, 2.45) is 7.05 Å². The molecule has 1 fully saturated rings. The first-order valence-electron chi connectivity index (χ1n) is 8.32. The van der Waals surface area contributed by atoms with Gasteiger partial charge < -0.3 is 10.6 Å². The van der Waals surface area contributed by atoms with Crippen LogP contribution in [-0.2, 0) is 11.8 Å². The Bertz CT molecular complexity index is 534. The molecule has 1 aliphatic rings. The van der Waals surface area contributed by atoms with E-state index in [1.165, 1.54) is 0 Å². The van der Waals surface area contributed by atoms with E-state index in [9.17, 15) is 9.59 Å². The zero-order chi connectivity index (χ0) is 16.8. The minimum atomic E-state index is -0.114. The topological polar surface area (TPSA) is 79.3 Å². The van der Waals surface area contributed by atoms with Crippen LogP contribution in [0.25, 0.3) is 0 Å². The minimum absolute atomic E-state index is 0.0784. The van der Waals surface area contributed by atoms with Gasteiger partial charge in [-0.3, -0.25) is 19.2 Å². The molecule has 2 rings (SSSR count). The first-order valence-corrected chi connectivity index (χ1v) is 8.32. The molecule has 7 heteroatoms. The number of nitrogens with zero attached hydrogens (tertiary/aromatic N) is 3. The van der Waals surface area contributed by atoms with Gasteiger partial charge in [-0.25, -0.2) is 0 Å². The van der Waals surface area contributed by atoms with Gasteiger partial charge in [0.1, 0.15) is 0 Å². The number of rotatable bonds is 6. The van der Waals surface area contributed by atoms with Crippen molar-refractivity contribution in [1.82, 2.24) is 25.3 Å². The van der Waals surface area contributed by atoms with E-state index < -0.39 is 0 Å². The average molecular weight is 321 g/mol. The number of hydrogen-bond donors (Lipinski definition) is 2. The van der Waals surface area contributed by atoms with E-state index in [-0.39, 0.29) is 23.9 Å². The zero-order valence-corrected chi connectivity index (χ0v) is 14.2. The Morgan fingerprint density at radius 1 is 1.39 bits per heavy atom. The minimum Gasteiger partial charge on any atom is -0.355 e. The van der Waals surface area contributed by atoms with Gasteiger partial charge >= 0.3 is 0 Å². The van der Waals surface area contributed by atoms with Crippen molar-refractivity contribution in [1.29, 1.82) is 0 Å². The fraction of sp³-hybridized carbons (Fsp3) is 0.688. The maximum Gasteiger partial charge on any atom is 0.254 e. The lowest BCUT2D eigenvalue weighted by atomic mass is 10.0. The van der Waals surface area contributed by atoms with Crippen LogP contribution in [0.4, 0.5) is 0 Å². The standard InChI is InChI=1S/C16H27N5O2/c1-4-7-17-15(22)12(2)21-8-5-14(6-9-21)19-16(23)13-10-18-20(3)11-13/h10-12,14H,4-9H2,1-3H3,(H,17,22)(H,19,23)/t12-/m0/s1.